The van der Waals surface area contributed by atoms with Gasteiger partial charge in [-0.15, -0.1) is 0 Å². The van der Waals surface area contributed by atoms with Crippen LogP contribution in [0.25, 0.3) is 10.9 Å². The van der Waals surface area contributed by atoms with Crippen LogP contribution in [-0.4, -0.2) is 29.3 Å². The lowest BCUT2D eigenvalue weighted by atomic mass is 10.1. The van der Waals surface area contributed by atoms with Gasteiger partial charge in [-0.2, -0.15) is 0 Å². The van der Waals surface area contributed by atoms with Crippen molar-refractivity contribution in [2.45, 2.75) is 45.1 Å². The Kier molecular flexibility index (Phi) is 3.66. The van der Waals surface area contributed by atoms with E-state index in [1.807, 2.05) is 45.0 Å². The molecule has 0 N–H and O–H groups in total. The highest BCUT2D eigenvalue weighted by Crippen LogP contribution is 2.45. The Morgan fingerprint density at radius 2 is 1.83 bits per heavy atom. The molecule has 0 atom stereocenters. The Morgan fingerprint density at radius 3 is 2.39 bits per heavy atom. The van der Waals surface area contributed by atoms with E-state index in [1.165, 1.54) is 7.11 Å². The Balaban J connectivity index is 2.25. The van der Waals surface area contributed by atoms with Gasteiger partial charge in [0.05, 0.1) is 18.2 Å². The second-order valence-electron chi connectivity index (χ2n) is 6.86. The van der Waals surface area contributed by atoms with Gasteiger partial charge in [-0.3, -0.25) is 0 Å². The maximum Gasteiger partial charge on any atom is 0.419 e. The average molecular weight is 315 g/mol. The predicted octanol–water partition coefficient (Wildman–Crippen LogP) is 4.09. The van der Waals surface area contributed by atoms with Gasteiger partial charge in [-0.25, -0.2) is 14.2 Å². The standard InChI is InChI=1S/C18H21NO4/c1-18(2,3)23-17(21)19-13-8-6-5-7-12(13)14(16(20)22-4)15(19)11-9-10-11/h5-8,11H,9-10H2,1-4H3. The number of esters is 1. The van der Waals surface area contributed by atoms with Crippen LogP contribution < -0.4 is 0 Å². The third-order valence-corrected chi connectivity index (χ3v) is 3.84. The smallest absolute Gasteiger partial charge is 0.419 e. The van der Waals surface area contributed by atoms with Gasteiger partial charge in [0.15, 0.2) is 0 Å². The zero-order chi connectivity index (χ0) is 16.8. The molecule has 1 fully saturated rings. The van der Waals surface area contributed by atoms with Crippen molar-refractivity contribution >= 4 is 23.0 Å². The zero-order valence-electron chi connectivity index (χ0n) is 13.9. The molecule has 1 aliphatic rings. The van der Waals surface area contributed by atoms with Gasteiger partial charge in [-0.1, -0.05) is 18.2 Å². The molecule has 0 amide bonds. The molecular formula is C18H21NO4. The minimum absolute atomic E-state index is 0.198. The number of carbonyl (C=O) groups is 2. The molecule has 1 aromatic carbocycles. The third-order valence-electron chi connectivity index (χ3n) is 3.84. The van der Waals surface area contributed by atoms with Gasteiger partial charge < -0.3 is 9.47 Å². The summed E-state index contributed by atoms with van der Waals surface area (Å²) in [4.78, 5) is 25.1. The zero-order valence-corrected chi connectivity index (χ0v) is 13.9. The summed E-state index contributed by atoms with van der Waals surface area (Å²) in [6.45, 7) is 5.48. The second-order valence-corrected chi connectivity index (χ2v) is 6.86. The summed E-state index contributed by atoms with van der Waals surface area (Å²) in [6.07, 6.45) is 1.47. The summed E-state index contributed by atoms with van der Waals surface area (Å²) < 4.78 is 12.0. The lowest BCUT2D eigenvalue weighted by Gasteiger charge is -2.21. The molecule has 0 spiro atoms. The summed E-state index contributed by atoms with van der Waals surface area (Å²) in [5.41, 5.74) is 1.28. The molecule has 1 aromatic heterocycles. The Hall–Kier alpha value is -2.30. The fourth-order valence-electron chi connectivity index (χ4n) is 2.82. The number of nitrogens with zero attached hydrogens (tertiary/aromatic N) is 1. The molecule has 1 heterocycles. The predicted molar refractivity (Wildman–Crippen MR) is 86.9 cm³/mol. The molecule has 1 saturated carbocycles. The first-order valence-corrected chi connectivity index (χ1v) is 7.78. The number of para-hydroxylation sites is 1. The highest BCUT2D eigenvalue weighted by molar-refractivity contribution is 6.08. The van der Waals surface area contributed by atoms with Crippen molar-refractivity contribution in [2.24, 2.45) is 0 Å². The Bertz CT molecular complexity index is 778. The fraction of sp³-hybridized carbons (Fsp3) is 0.444. The Morgan fingerprint density at radius 1 is 1.17 bits per heavy atom. The maximum absolute atomic E-state index is 12.7. The van der Waals surface area contributed by atoms with E-state index >= 15 is 0 Å². The van der Waals surface area contributed by atoms with Crippen molar-refractivity contribution in [1.82, 2.24) is 4.57 Å². The number of hydrogen-bond acceptors (Lipinski definition) is 4. The van der Waals surface area contributed by atoms with Crippen LogP contribution in [0.4, 0.5) is 4.79 Å². The molecule has 5 heteroatoms. The summed E-state index contributed by atoms with van der Waals surface area (Å²) >= 11 is 0. The van der Waals surface area contributed by atoms with E-state index in [4.69, 9.17) is 9.47 Å². The van der Waals surface area contributed by atoms with Crippen molar-refractivity contribution in [3.8, 4) is 0 Å². The summed E-state index contributed by atoms with van der Waals surface area (Å²) in [6, 6.07) is 7.37. The van der Waals surface area contributed by atoms with E-state index < -0.39 is 17.7 Å². The van der Waals surface area contributed by atoms with Crippen molar-refractivity contribution in [3.05, 3.63) is 35.5 Å². The van der Waals surface area contributed by atoms with E-state index in [2.05, 4.69) is 0 Å². The molecule has 2 aromatic rings. The van der Waals surface area contributed by atoms with Gasteiger partial charge in [0.1, 0.15) is 5.60 Å². The van der Waals surface area contributed by atoms with Crippen LogP contribution in [0.5, 0.6) is 0 Å². The molecule has 0 radical (unpaired) electrons. The largest absolute Gasteiger partial charge is 0.465 e. The highest BCUT2D eigenvalue weighted by atomic mass is 16.6. The lowest BCUT2D eigenvalue weighted by molar-refractivity contribution is 0.0539. The molecule has 5 nitrogen and oxygen atoms in total. The minimum Gasteiger partial charge on any atom is -0.465 e. The molecule has 0 aliphatic heterocycles. The molecular weight excluding hydrogens is 294 g/mol. The average Bonchev–Trinajstić information content (AvgIpc) is 3.25. The van der Waals surface area contributed by atoms with Gasteiger partial charge in [0.25, 0.3) is 0 Å². The van der Waals surface area contributed by atoms with Crippen molar-refractivity contribution in [3.63, 3.8) is 0 Å². The first kappa shape index (κ1) is 15.6. The number of rotatable bonds is 2. The van der Waals surface area contributed by atoms with Gasteiger partial charge in [0, 0.05) is 17.0 Å². The molecule has 0 unspecified atom stereocenters. The third kappa shape index (κ3) is 2.83. The number of methoxy groups -OCH3 is 1. The van der Waals surface area contributed by atoms with Gasteiger partial charge in [0.2, 0.25) is 0 Å². The topological polar surface area (TPSA) is 57.5 Å². The van der Waals surface area contributed by atoms with Crippen LogP contribution in [0.3, 0.4) is 0 Å². The maximum atomic E-state index is 12.7. The van der Waals surface area contributed by atoms with Crippen LogP contribution in [0, 0.1) is 0 Å². The second kappa shape index (κ2) is 5.41. The van der Waals surface area contributed by atoms with E-state index in [-0.39, 0.29) is 5.92 Å². The highest BCUT2D eigenvalue weighted by Gasteiger charge is 2.37. The molecule has 23 heavy (non-hydrogen) atoms. The minimum atomic E-state index is -0.602. The number of benzene rings is 1. The number of fused-ring (bicyclic) bond motifs is 1. The summed E-state index contributed by atoms with van der Waals surface area (Å²) in [5.74, 6) is -0.213. The quantitative estimate of drug-likeness (QED) is 0.783. The lowest BCUT2D eigenvalue weighted by Crippen LogP contribution is -2.28. The fourth-order valence-corrected chi connectivity index (χ4v) is 2.82. The summed E-state index contributed by atoms with van der Waals surface area (Å²) in [5, 5.41) is 0.729. The molecule has 3 rings (SSSR count). The summed E-state index contributed by atoms with van der Waals surface area (Å²) in [7, 11) is 1.36. The van der Waals surface area contributed by atoms with Crippen molar-refractivity contribution in [2.75, 3.05) is 7.11 Å². The van der Waals surface area contributed by atoms with Crippen LogP contribution >= 0.6 is 0 Å². The first-order chi connectivity index (χ1) is 10.8. The number of carbonyl (C=O) groups excluding carboxylic acids is 2. The van der Waals surface area contributed by atoms with Crippen molar-refractivity contribution < 1.29 is 19.1 Å². The normalized spacial score (nSPS) is 14.8. The molecule has 0 saturated heterocycles. The molecule has 1 aliphatic carbocycles. The first-order valence-electron chi connectivity index (χ1n) is 7.78. The number of aromatic nitrogens is 1. The SMILES string of the molecule is COC(=O)c1c(C2CC2)n(C(=O)OC(C)(C)C)c2ccccc12. The van der Waals surface area contributed by atoms with Crippen LogP contribution in [0.1, 0.15) is 55.6 Å². The Labute approximate surface area is 135 Å². The van der Waals surface area contributed by atoms with E-state index in [1.54, 1.807) is 4.57 Å². The van der Waals surface area contributed by atoms with E-state index in [0.29, 0.717) is 16.8 Å². The van der Waals surface area contributed by atoms with E-state index in [0.717, 1.165) is 18.2 Å². The van der Waals surface area contributed by atoms with Crippen LogP contribution in [-0.2, 0) is 9.47 Å². The number of ether oxygens (including phenoxy) is 2. The monoisotopic (exact) mass is 315 g/mol. The van der Waals surface area contributed by atoms with Gasteiger partial charge in [-0.05, 0) is 39.7 Å². The number of hydrogen-bond donors (Lipinski definition) is 0. The van der Waals surface area contributed by atoms with Crippen LogP contribution in [0.2, 0.25) is 0 Å². The van der Waals surface area contributed by atoms with E-state index in [9.17, 15) is 9.59 Å². The van der Waals surface area contributed by atoms with Gasteiger partial charge >= 0.3 is 12.1 Å². The van der Waals surface area contributed by atoms with Crippen molar-refractivity contribution in [1.29, 1.82) is 0 Å². The molecule has 0 bridgehead atoms. The van der Waals surface area contributed by atoms with Crippen LogP contribution in [0.15, 0.2) is 24.3 Å². The molecule has 122 valence electrons.